The second-order valence-corrected chi connectivity index (χ2v) is 13.4. The predicted octanol–water partition coefficient (Wildman–Crippen LogP) is 5.84. The van der Waals surface area contributed by atoms with E-state index in [4.69, 9.17) is 14.5 Å². The number of carbonyl (C=O) groups is 1. The van der Waals surface area contributed by atoms with Gasteiger partial charge in [-0.3, -0.25) is 9.69 Å². The number of carbonyl (C=O) groups excluding carboxylic acids is 1. The number of aryl methyl sites for hydroxylation is 1. The molecule has 0 atom stereocenters. The molecule has 0 radical (unpaired) electrons. The van der Waals surface area contributed by atoms with Crippen LogP contribution in [0.2, 0.25) is 0 Å². The van der Waals surface area contributed by atoms with E-state index < -0.39 is 23.1 Å². The van der Waals surface area contributed by atoms with Crippen molar-refractivity contribution in [2.75, 3.05) is 18.1 Å². The van der Waals surface area contributed by atoms with Gasteiger partial charge in [0.1, 0.15) is 24.1 Å². The number of hydrogen-bond acceptors (Lipinski definition) is 7. The van der Waals surface area contributed by atoms with E-state index in [1.165, 1.54) is 11.0 Å². The average Bonchev–Trinajstić information content (AvgIpc) is 3.75. The zero-order valence-electron chi connectivity index (χ0n) is 25.8. The number of rotatable bonds is 8. The molecule has 2 aromatic heterocycles. The molecule has 12 heteroatoms. The first-order valence-corrected chi connectivity index (χ1v) is 16.0. The summed E-state index contributed by atoms with van der Waals surface area (Å²) in [7, 11) is 1.89. The van der Waals surface area contributed by atoms with Crippen molar-refractivity contribution in [3.05, 3.63) is 64.2 Å². The van der Waals surface area contributed by atoms with Crippen molar-refractivity contribution >= 4 is 11.7 Å². The largest absolute Gasteiger partial charge is 0.474 e. The van der Waals surface area contributed by atoms with E-state index >= 15 is 0 Å². The van der Waals surface area contributed by atoms with Gasteiger partial charge in [0.25, 0.3) is 5.91 Å². The van der Waals surface area contributed by atoms with Crippen LogP contribution in [0.25, 0.3) is 0 Å². The summed E-state index contributed by atoms with van der Waals surface area (Å²) in [4.78, 5) is 20.1. The number of fused-ring (bicyclic) bond motifs is 1. The van der Waals surface area contributed by atoms with Gasteiger partial charge < -0.3 is 19.4 Å². The number of pyridine rings is 1. The van der Waals surface area contributed by atoms with Crippen LogP contribution < -0.4 is 15.0 Å². The molecular weight excluding hydrogens is 585 g/mol. The van der Waals surface area contributed by atoms with Crippen LogP contribution in [0, 0.1) is 0 Å². The quantitative estimate of drug-likeness (QED) is 0.337. The summed E-state index contributed by atoms with van der Waals surface area (Å²) >= 11 is 0. The van der Waals surface area contributed by atoms with E-state index in [9.17, 15) is 18.0 Å². The predicted molar refractivity (Wildman–Crippen MR) is 160 cm³/mol. The number of halogens is 3. The first-order chi connectivity index (χ1) is 21.5. The molecule has 1 saturated heterocycles. The molecule has 4 aliphatic rings. The summed E-state index contributed by atoms with van der Waals surface area (Å²) in [5.41, 5.74) is -0.136. The van der Waals surface area contributed by atoms with Crippen LogP contribution >= 0.6 is 0 Å². The SMILES string of the molecule is Cn1cnnc1C1(c2cc(OC3CCCC3)nc(N3Cc4c(cc(CNC5(C)CCC5)cc4C(F)(F)F)C3=O)c2)CCOCC1. The first-order valence-electron chi connectivity index (χ1n) is 16.0. The number of ether oxygens (including phenoxy) is 2. The number of hydrogen-bond donors (Lipinski definition) is 1. The smallest absolute Gasteiger partial charge is 0.416 e. The number of aromatic nitrogens is 4. The van der Waals surface area contributed by atoms with E-state index in [1.54, 1.807) is 12.4 Å². The molecule has 1 amide bonds. The third kappa shape index (κ3) is 5.60. The highest BCUT2D eigenvalue weighted by Gasteiger charge is 2.44. The van der Waals surface area contributed by atoms with Gasteiger partial charge in [0.2, 0.25) is 5.88 Å². The average molecular weight is 625 g/mol. The minimum atomic E-state index is -4.61. The van der Waals surface area contributed by atoms with Gasteiger partial charge in [0, 0.05) is 44.0 Å². The minimum absolute atomic E-state index is 0.00281. The fourth-order valence-electron chi connectivity index (χ4n) is 7.43. The Morgan fingerprint density at radius 1 is 1.07 bits per heavy atom. The van der Waals surface area contributed by atoms with Crippen molar-refractivity contribution < 1.29 is 27.4 Å². The van der Waals surface area contributed by atoms with E-state index in [0.29, 0.717) is 37.5 Å². The highest BCUT2D eigenvalue weighted by atomic mass is 19.4. The number of alkyl halides is 3. The summed E-state index contributed by atoms with van der Waals surface area (Å²) in [6, 6.07) is 6.52. The molecule has 2 aliphatic heterocycles. The summed E-state index contributed by atoms with van der Waals surface area (Å²) in [5.74, 6) is 0.885. The van der Waals surface area contributed by atoms with Crippen molar-refractivity contribution in [2.45, 2.75) is 101 Å². The molecule has 3 aromatic rings. The molecule has 45 heavy (non-hydrogen) atoms. The monoisotopic (exact) mass is 624 g/mol. The number of nitrogens with one attached hydrogen (secondary N) is 1. The van der Waals surface area contributed by atoms with Gasteiger partial charge in [-0.05, 0) is 99.6 Å². The molecule has 0 bridgehead atoms. The molecule has 0 spiro atoms. The fraction of sp³-hybridized carbons (Fsp3) is 0.576. The maximum atomic E-state index is 14.5. The Kier molecular flexibility index (Phi) is 7.63. The second kappa shape index (κ2) is 11.4. The molecule has 2 aliphatic carbocycles. The molecule has 0 unspecified atom stereocenters. The number of nitrogens with zero attached hydrogens (tertiary/aromatic N) is 5. The van der Waals surface area contributed by atoms with Crippen molar-refractivity contribution in [3.63, 3.8) is 0 Å². The van der Waals surface area contributed by atoms with Crippen molar-refractivity contribution in [3.8, 4) is 5.88 Å². The highest BCUT2D eigenvalue weighted by Crippen LogP contribution is 2.44. The molecule has 3 fully saturated rings. The van der Waals surface area contributed by atoms with E-state index in [2.05, 4.69) is 22.4 Å². The van der Waals surface area contributed by atoms with Crippen LogP contribution in [0.3, 0.4) is 0 Å². The zero-order chi connectivity index (χ0) is 31.4. The Hall–Kier alpha value is -3.51. The topological polar surface area (TPSA) is 94.4 Å². The standard InChI is InChI=1S/C33H39F3N6O3/c1-31(8-5-9-31)37-18-21-14-24-25(26(15-21)33(34,35)36)19-42(29(24)43)27-16-22(17-28(39-27)45-23-6-3-4-7-23)32(10-12-44-13-11-32)30-40-38-20-41(30)2/h14-17,20,23,37H,3-13,18-19H2,1-2H3. The van der Waals surface area contributed by atoms with Gasteiger partial charge in [-0.25, -0.2) is 0 Å². The Morgan fingerprint density at radius 2 is 1.82 bits per heavy atom. The van der Waals surface area contributed by atoms with Crippen molar-refractivity contribution in [2.24, 2.45) is 7.05 Å². The van der Waals surface area contributed by atoms with Gasteiger partial charge in [-0.2, -0.15) is 18.2 Å². The molecule has 240 valence electrons. The molecule has 2 saturated carbocycles. The summed E-state index contributed by atoms with van der Waals surface area (Å²) in [6.07, 6.45) is 5.27. The van der Waals surface area contributed by atoms with Crippen LogP contribution in [0.5, 0.6) is 5.88 Å². The maximum absolute atomic E-state index is 14.5. The van der Waals surface area contributed by atoms with Crippen molar-refractivity contribution in [1.29, 1.82) is 0 Å². The van der Waals surface area contributed by atoms with Gasteiger partial charge in [0.05, 0.1) is 17.5 Å². The molecule has 7 rings (SSSR count). The van der Waals surface area contributed by atoms with Crippen LogP contribution in [-0.2, 0) is 36.5 Å². The van der Waals surface area contributed by atoms with E-state index in [1.807, 2.05) is 23.7 Å². The maximum Gasteiger partial charge on any atom is 0.416 e. The minimum Gasteiger partial charge on any atom is -0.474 e. The zero-order valence-corrected chi connectivity index (χ0v) is 25.8. The first kappa shape index (κ1) is 30.2. The number of anilines is 1. The number of amides is 1. The highest BCUT2D eigenvalue weighted by molar-refractivity contribution is 6.10. The normalized spacial score (nSPS) is 21.2. The molecular formula is C33H39F3N6O3. The van der Waals surface area contributed by atoms with Crippen LogP contribution in [-0.4, -0.2) is 50.5 Å². The lowest BCUT2D eigenvalue weighted by atomic mass is 9.73. The van der Waals surface area contributed by atoms with E-state index in [0.717, 1.165) is 56.3 Å². The van der Waals surface area contributed by atoms with Crippen LogP contribution in [0.15, 0.2) is 30.6 Å². The molecule has 1 N–H and O–H groups in total. The van der Waals surface area contributed by atoms with Crippen LogP contribution in [0.1, 0.15) is 103 Å². The molecule has 1 aromatic carbocycles. The van der Waals surface area contributed by atoms with Gasteiger partial charge in [-0.15, -0.1) is 10.2 Å². The Labute approximate surface area is 260 Å². The van der Waals surface area contributed by atoms with E-state index in [-0.39, 0.29) is 41.7 Å². The molecule has 4 heterocycles. The summed E-state index contributed by atoms with van der Waals surface area (Å²) in [5, 5.41) is 12.0. The fourth-order valence-corrected chi connectivity index (χ4v) is 7.43. The third-order valence-electron chi connectivity index (χ3n) is 10.3. The third-order valence-corrected chi connectivity index (χ3v) is 10.3. The lowest BCUT2D eigenvalue weighted by Gasteiger charge is -2.39. The summed E-state index contributed by atoms with van der Waals surface area (Å²) in [6.45, 7) is 3.12. The van der Waals surface area contributed by atoms with Gasteiger partial charge in [0.15, 0.2) is 0 Å². The lowest BCUT2D eigenvalue weighted by molar-refractivity contribution is -0.138. The summed E-state index contributed by atoms with van der Waals surface area (Å²) < 4.78 is 57.4. The van der Waals surface area contributed by atoms with Gasteiger partial charge in [-0.1, -0.05) is 0 Å². The Bertz CT molecular complexity index is 1590. The Morgan fingerprint density at radius 3 is 2.47 bits per heavy atom. The number of benzene rings is 1. The van der Waals surface area contributed by atoms with Gasteiger partial charge >= 0.3 is 6.18 Å². The lowest BCUT2D eigenvalue weighted by Crippen LogP contribution is -2.47. The Balaban J connectivity index is 1.29. The molecule has 9 nitrogen and oxygen atoms in total. The van der Waals surface area contributed by atoms with Crippen molar-refractivity contribution in [1.82, 2.24) is 25.1 Å². The second-order valence-electron chi connectivity index (χ2n) is 13.4. The van der Waals surface area contributed by atoms with Crippen LogP contribution in [0.4, 0.5) is 19.0 Å².